The Bertz CT molecular complexity index is 238. The lowest BCUT2D eigenvalue weighted by atomic mass is 9.87. The van der Waals surface area contributed by atoms with Crippen LogP contribution in [0.5, 0.6) is 0 Å². The molecule has 1 amide bonds. The second kappa shape index (κ2) is 5.36. The third-order valence-electron chi connectivity index (χ3n) is 1.88. The predicted octanol–water partition coefficient (Wildman–Crippen LogP) is 2.04. The molecule has 0 aromatic rings. The number of nitrogens with two attached hydrogens (primary N) is 1. The van der Waals surface area contributed by atoms with E-state index in [0.717, 1.165) is 5.57 Å². The molecule has 0 saturated carbocycles. The zero-order chi connectivity index (χ0) is 10.4. The van der Waals surface area contributed by atoms with Gasteiger partial charge in [0.25, 0.3) is 0 Å². The summed E-state index contributed by atoms with van der Waals surface area (Å²) >= 11 is 0. The number of hydrogen-bond acceptors (Lipinski definition) is 1. The first kappa shape index (κ1) is 11.7. The fourth-order valence-corrected chi connectivity index (χ4v) is 1.31. The highest BCUT2D eigenvalue weighted by molar-refractivity contribution is 5.80. The van der Waals surface area contributed by atoms with Gasteiger partial charge in [-0.15, -0.1) is 0 Å². The molecule has 2 nitrogen and oxygen atoms in total. The second-order valence-corrected chi connectivity index (χ2v) is 3.23. The lowest BCUT2D eigenvalue weighted by Crippen LogP contribution is -2.28. The first-order chi connectivity index (χ1) is 6.04. The molecule has 1 atom stereocenters. The van der Waals surface area contributed by atoms with Gasteiger partial charge >= 0.3 is 0 Å². The highest BCUT2D eigenvalue weighted by atomic mass is 16.1. The van der Waals surface area contributed by atoms with Crippen LogP contribution < -0.4 is 5.73 Å². The number of hydrogen-bond donors (Lipinski definition) is 1. The fraction of sp³-hybridized carbons (Fsp3) is 0.364. The molecule has 0 saturated heterocycles. The Morgan fingerprint density at radius 1 is 1.38 bits per heavy atom. The van der Waals surface area contributed by atoms with Crippen LogP contribution >= 0.6 is 0 Å². The highest BCUT2D eigenvalue weighted by Crippen LogP contribution is 2.20. The van der Waals surface area contributed by atoms with Crippen LogP contribution in [-0.4, -0.2) is 5.91 Å². The maximum Gasteiger partial charge on any atom is 0.225 e. The average molecular weight is 179 g/mol. The van der Waals surface area contributed by atoms with Crippen molar-refractivity contribution in [3.8, 4) is 0 Å². The van der Waals surface area contributed by atoms with Crippen molar-refractivity contribution in [2.75, 3.05) is 0 Å². The number of carbonyl (C=O) groups excluding carboxylic acids is 1. The minimum atomic E-state index is -0.317. The van der Waals surface area contributed by atoms with E-state index in [2.05, 4.69) is 13.2 Å². The third-order valence-corrected chi connectivity index (χ3v) is 1.88. The molecule has 0 aliphatic rings. The molecule has 0 heterocycles. The summed E-state index contributed by atoms with van der Waals surface area (Å²) in [5.74, 6) is -0.403. The summed E-state index contributed by atoms with van der Waals surface area (Å²) < 4.78 is 0. The van der Waals surface area contributed by atoms with Gasteiger partial charge in [-0.05, 0) is 11.5 Å². The van der Waals surface area contributed by atoms with Gasteiger partial charge in [0.1, 0.15) is 0 Å². The highest BCUT2D eigenvalue weighted by Gasteiger charge is 2.21. The molecule has 0 radical (unpaired) electrons. The number of rotatable bonds is 5. The van der Waals surface area contributed by atoms with Crippen molar-refractivity contribution >= 4 is 5.91 Å². The minimum absolute atomic E-state index is 0.182. The monoisotopic (exact) mass is 179 g/mol. The molecule has 0 aliphatic heterocycles. The van der Waals surface area contributed by atoms with Gasteiger partial charge in [0.05, 0.1) is 5.92 Å². The van der Waals surface area contributed by atoms with Crippen LogP contribution in [0.4, 0.5) is 0 Å². The lowest BCUT2D eigenvalue weighted by Gasteiger charge is -2.17. The molecule has 13 heavy (non-hydrogen) atoms. The van der Waals surface area contributed by atoms with Crippen LogP contribution in [-0.2, 0) is 4.79 Å². The first-order valence-corrected chi connectivity index (χ1v) is 4.29. The molecule has 0 aromatic carbocycles. The van der Waals surface area contributed by atoms with Gasteiger partial charge < -0.3 is 5.73 Å². The minimum Gasteiger partial charge on any atom is -0.369 e. The standard InChI is InChI=1S/C11H17NO/c1-5-7-9(6-2)10(8(3)4)11(12)13/h5-8,10H,1-2H2,3-4H3,(H2,12,13)/b9-7+/t10-/m0/s1. The lowest BCUT2D eigenvalue weighted by molar-refractivity contribution is -0.121. The molecule has 0 unspecified atom stereocenters. The molecule has 0 aromatic heterocycles. The van der Waals surface area contributed by atoms with E-state index < -0.39 is 0 Å². The molecule has 0 aliphatic carbocycles. The molecule has 0 fully saturated rings. The quantitative estimate of drug-likeness (QED) is 0.645. The van der Waals surface area contributed by atoms with Crippen LogP contribution in [0, 0.1) is 11.8 Å². The van der Waals surface area contributed by atoms with E-state index in [9.17, 15) is 4.79 Å². The zero-order valence-corrected chi connectivity index (χ0v) is 8.29. The Morgan fingerprint density at radius 3 is 2.15 bits per heavy atom. The number of primary amides is 1. The Morgan fingerprint density at radius 2 is 1.92 bits per heavy atom. The van der Waals surface area contributed by atoms with Crippen LogP contribution in [0.3, 0.4) is 0 Å². The van der Waals surface area contributed by atoms with Crippen molar-refractivity contribution in [1.82, 2.24) is 0 Å². The van der Waals surface area contributed by atoms with Crippen LogP contribution in [0.25, 0.3) is 0 Å². The largest absolute Gasteiger partial charge is 0.369 e. The second-order valence-electron chi connectivity index (χ2n) is 3.23. The van der Waals surface area contributed by atoms with Crippen molar-refractivity contribution in [3.05, 3.63) is 37.0 Å². The molecule has 0 rings (SSSR count). The molecule has 2 N–H and O–H groups in total. The van der Waals surface area contributed by atoms with Crippen LogP contribution in [0.15, 0.2) is 37.0 Å². The topological polar surface area (TPSA) is 43.1 Å². The number of carbonyl (C=O) groups is 1. The van der Waals surface area contributed by atoms with Crippen molar-refractivity contribution in [2.45, 2.75) is 13.8 Å². The maximum absolute atomic E-state index is 11.1. The maximum atomic E-state index is 11.1. The normalized spacial score (nSPS) is 13.9. The van der Waals surface area contributed by atoms with Crippen molar-refractivity contribution in [3.63, 3.8) is 0 Å². The Hall–Kier alpha value is -1.31. The Labute approximate surface area is 79.8 Å². The molecular formula is C11H17NO. The number of allylic oxidation sites excluding steroid dienone is 3. The summed E-state index contributed by atoms with van der Waals surface area (Å²) in [5.41, 5.74) is 6.11. The summed E-state index contributed by atoms with van der Waals surface area (Å²) in [6.07, 6.45) is 5.05. The van der Waals surface area contributed by atoms with Gasteiger partial charge in [0, 0.05) is 0 Å². The molecule has 2 heteroatoms. The Kier molecular flexibility index (Phi) is 4.82. The molecule has 0 spiro atoms. The van der Waals surface area contributed by atoms with E-state index in [1.807, 2.05) is 13.8 Å². The van der Waals surface area contributed by atoms with E-state index in [1.165, 1.54) is 0 Å². The smallest absolute Gasteiger partial charge is 0.225 e. The first-order valence-electron chi connectivity index (χ1n) is 4.29. The van der Waals surface area contributed by atoms with E-state index in [4.69, 9.17) is 5.73 Å². The van der Waals surface area contributed by atoms with E-state index in [-0.39, 0.29) is 17.7 Å². The molecule has 72 valence electrons. The summed E-state index contributed by atoms with van der Waals surface area (Å²) in [6.45, 7) is 11.1. The molecule has 0 bridgehead atoms. The van der Waals surface area contributed by atoms with E-state index in [1.54, 1.807) is 18.2 Å². The average Bonchev–Trinajstić information content (AvgIpc) is 2.02. The fourth-order valence-electron chi connectivity index (χ4n) is 1.31. The van der Waals surface area contributed by atoms with Gasteiger partial charge in [-0.25, -0.2) is 0 Å². The van der Waals surface area contributed by atoms with Crippen molar-refractivity contribution < 1.29 is 4.79 Å². The van der Waals surface area contributed by atoms with Crippen LogP contribution in [0.1, 0.15) is 13.8 Å². The molecular weight excluding hydrogens is 162 g/mol. The summed E-state index contributed by atoms with van der Waals surface area (Å²) in [7, 11) is 0. The predicted molar refractivity (Wildman–Crippen MR) is 56.0 cm³/mol. The van der Waals surface area contributed by atoms with E-state index >= 15 is 0 Å². The van der Waals surface area contributed by atoms with Gasteiger partial charge in [-0.1, -0.05) is 45.2 Å². The van der Waals surface area contributed by atoms with Gasteiger partial charge in [0.2, 0.25) is 5.91 Å². The summed E-state index contributed by atoms with van der Waals surface area (Å²) in [5, 5.41) is 0. The third kappa shape index (κ3) is 3.28. The summed E-state index contributed by atoms with van der Waals surface area (Å²) in [4.78, 5) is 11.1. The van der Waals surface area contributed by atoms with Gasteiger partial charge in [-0.2, -0.15) is 0 Å². The van der Waals surface area contributed by atoms with Gasteiger partial charge in [-0.3, -0.25) is 4.79 Å². The van der Waals surface area contributed by atoms with Crippen molar-refractivity contribution in [2.24, 2.45) is 17.6 Å². The van der Waals surface area contributed by atoms with E-state index in [0.29, 0.717) is 0 Å². The van der Waals surface area contributed by atoms with Crippen molar-refractivity contribution in [1.29, 1.82) is 0 Å². The van der Waals surface area contributed by atoms with Gasteiger partial charge in [0.15, 0.2) is 0 Å². The SMILES string of the molecule is C=C/C=C(\C=C)[C@@H](C(N)=O)C(C)C. The van der Waals surface area contributed by atoms with Crippen LogP contribution in [0.2, 0.25) is 0 Å². The number of amides is 1. The Balaban J connectivity index is 4.90. The zero-order valence-electron chi connectivity index (χ0n) is 8.29. The summed E-state index contributed by atoms with van der Waals surface area (Å²) in [6, 6.07) is 0.